The monoisotopic (exact) mass is 302 g/mol. The lowest BCUT2D eigenvalue weighted by atomic mass is 10.0. The van der Waals surface area contributed by atoms with Crippen molar-refractivity contribution in [2.75, 3.05) is 31.1 Å². The summed E-state index contributed by atoms with van der Waals surface area (Å²) in [6, 6.07) is 7.58. The quantitative estimate of drug-likeness (QED) is 0.904. The highest BCUT2D eigenvalue weighted by molar-refractivity contribution is 5.49. The van der Waals surface area contributed by atoms with Gasteiger partial charge in [-0.1, -0.05) is 0 Å². The second kappa shape index (κ2) is 7.02. The number of nitrogens with zero attached hydrogens (tertiary/aromatic N) is 1. The standard InChI is InChI=1S/C15H21F3N2O/c1-2-21-14-7-5-13(6-8-14)20-9-3-4-12(10-20)19-11-15(16,17)18/h5-8,12,19H,2-4,9-11H2,1H3. The summed E-state index contributed by atoms with van der Waals surface area (Å²) in [7, 11) is 0. The van der Waals surface area contributed by atoms with Crippen LogP contribution in [0.15, 0.2) is 24.3 Å². The van der Waals surface area contributed by atoms with Crippen LogP contribution in [0, 0.1) is 0 Å². The molecule has 1 N–H and O–H groups in total. The van der Waals surface area contributed by atoms with E-state index in [2.05, 4.69) is 10.2 Å². The molecule has 1 saturated heterocycles. The van der Waals surface area contributed by atoms with Crippen LogP contribution in [0.5, 0.6) is 5.75 Å². The van der Waals surface area contributed by atoms with Crippen molar-refractivity contribution >= 4 is 5.69 Å². The van der Waals surface area contributed by atoms with E-state index in [1.165, 1.54) is 0 Å². The Hall–Kier alpha value is -1.43. The summed E-state index contributed by atoms with van der Waals surface area (Å²) in [5.41, 5.74) is 1.02. The Morgan fingerprint density at radius 3 is 2.62 bits per heavy atom. The Balaban J connectivity index is 1.91. The van der Waals surface area contributed by atoms with Crippen molar-refractivity contribution in [3.63, 3.8) is 0 Å². The minimum atomic E-state index is -4.15. The predicted molar refractivity (Wildman–Crippen MR) is 76.9 cm³/mol. The van der Waals surface area contributed by atoms with Crippen LogP contribution in [-0.2, 0) is 0 Å². The number of halogens is 3. The van der Waals surface area contributed by atoms with Crippen molar-refractivity contribution in [2.45, 2.75) is 32.0 Å². The minimum absolute atomic E-state index is 0.119. The highest BCUT2D eigenvalue weighted by atomic mass is 19.4. The number of rotatable bonds is 5. The third kappa shape index (κ3) is 5.12. The van der Waals surface area contributed by atoms with Crippen molar-refractivity contribution in [1.29, 1.82) is 0 Å². The van der Waals surface area contributed by atoms with Gasteiger partial charge in [-0.05, 0) is 44.0 Å². The molecule has 6 heteroatoms. The smallest absolute Gasteiger partial charge is 0.401 e. The lowest BCUT2D eigenvalue weighted by Crippen LogP contribution is -2.48. The highest BCUT2D eigenvalue weighted by Crippen LogP contribution is 2.23. The van der Waals surface area contributed by atoms with Crippen molar-refractivity contribution in [2.24, 2.45) is 0 Å². The van der Waals surface area contributed by atoms with E-state index < -0.39 is 12.7 Å². The number of anilines is 1. The summed E-state index contributed by atoms with van der Waals surface area (Å²) in [4.78, 5) is 2.12. The second-order valence-electron chi connectivity index (χ2n) is 5.21. The predicted octanol–water partition coefficient (Wildman–Crippen LogP) is 3.21. The van der Waals surface area contributed by atoms with Crippen LogP contribution in [0.1, 0.15) is 19.8 Å². The van der Waals surface area contributed by atoms with Crippen LogP contribution in [0.2, 0.25) is 0 Å². The molecule has 1 aliphatic rings. The summed E-state index contributed by atoms with van der Waals surface area (Å²) in [5, 5.41) is 2.60. The van der Waals surface area contributed by atoms with Crippen LogP contribution in [0.3, 0.4) is 0 Å². The molecule has 1 heterocycles. The molecular weight excluding hydrogens is 281 g/mol. The molecule has 2 rings (SSSR count). The largest absolute Gasteiger partial charge is 0.494 e. The molecule has 1 aromatic carbocycles. The van der Waals surface area contributed by atoms with E-state index in [1.54, 1.807) is 0 Å². The molecule has 1 unspecified atom stereocenters. The molecule has 0 radical (unpaired) electrons. The number of alkyl halides is 3. The molecule has 0 amide bonds. The molecule has 21 heavy (non-hydrogen) atoms. The minimum Gasteiger partial charge on any atom is -0.494 e. The molecule has 1 fully saturated rings. The van der Waals surface area contributed by atoms with Gasteiger partial charge < -0.3 is 15.0 Å². The zero-order valence-corrected chi connectivity index (χ0v) is 12.1. The van der Waals surface area contributed by atoms with E-state index in [0.29, 0.717) is 13.2 Å². The zero-order valence-electron chi connectivity index (χ0n) is 12.1. The molecule has 118 valence electrons. The molecule has 3 nitrogen and oxygen atoms in total. The maximum atomic E-state index is 12.3. The Kier molecular flexibility index (Phi) is 5.33. The average molecular weight is 302 g/mol. The van der Waals surface area contributed by atoms with Gasteiger partial charge in [0.15, 0.2) is 0 Å². The molecule has 0 bridgehead atoms. The Labute approximate surface area is 123 Å². The topological polar surface area (TPSA) is 24.5 Å². The number of benzene rings is 1. The van der Waals surface area contributed by atoms with Gasteiger partial charge in [0, 0.05) is 24.8 Å². The fourth-order valence-electron chi connectivity index (χ4n) is 2.56. The van der Waals surface area contributed by atoms with E-state index in [0.717, 1.165) is 30.8 Å². The van der Waals surface area contributed by atoms with Gasteiger partial charge >= 0.3 is 6.18 Å². The van der Waals surface area contributed by atoms with Crippen molar-refractivity contribution in [3.8, 4) is 5.75 Å². The van der Waals surface area contributed by atoms with E-state index in [-0.39, 0.29) is 6.04 Å². The van der Waals surface area contributed by atoms with Crippen LogP contribution in [0.25, 0.3) is 0 Å². The normalized spacial score (nSPS) is 19.6. The Bertz CT molecular complexity index is 434. The number of nitrogens with one attached hydrogen (secondary N) is 1. The van der Waals surface area contributed by atoms with E-state index >= 15 is 0 Å². The number of ether oxygens (including phenoxy) is 1. The first kappa shape index (κ1) is 15.9. The fraction of sp³-hybridized carbons (Fsp3) is 0.600. The van der Waals surface area contributed by atoms with Crippen molar-refractivity contribution in [1.82, 2.24) is 5.32 Å². The lowest BCUT2D eigenvalue weighted by molar-refractivity contribution is -0.126. The van der Waals surface area contributed by atoms with Crippen LogP contribution >= 0.6 is 0 Å². The van der Waals surface area contributed by atoms with Crippen molar-refractivity contribution < 1.29 is 17.9 Å². The molecular formula is C15H21F3N2O. The number of piperidine rings is 1. The molecule has 0 spiro atoms. The van der Waals surface area contributed by atoms with Gasteiger partial charge in [-0.3, -0.25) is 0 Å². The molecule has 0 saturated carbocycles. The van der Waals surface area contributed by atoms with Crippen LogP contribution in [0.4, 0.5) is 18.9 Å². The highest BCUT2D eigenvalue weighted by Gasteiger charge is 2.29. The number of hydrogen-bond acceptors (Lipinski definition) is 3. The van der Waals surface area contributed by atoms with Crippen LogP contribution < -0.4 is 15.0 Å². The van der Waals surface area contributed by atoms with E-state index in [9.17, 15) is 13.2 Å². The fourth-order valence-corrected chi connectivity index (χ4v) is 2.56. The molecule has 1 aromatic rings. The van der Waals surface area contributed by atoms with Crippen LogP contribution in [-0.4, -0.2) is 38.5 Å². The Morgan fingerprint density at radius 1 is 1.29 bits per heavy atom. The maximum absolute atomic E-state index is 12.3. The summed E-state index contributed by atoms with van der Waals surface area (Å²) in [5.74, 6) is 0.810. The average Bonchev–Trinajstić information content (AvgIpc) is 2.46. The number of hydrogen-bond donors (Lipinski definition) is 1. The third-order valence-corrected chi connectivity index (χ3v) is 3.53. The van der Waals surface area contributed by atoms with Gasteiger partial charge in [0.2, 0.25) is 0 Å². The maximum Gasteiger partial charge on any atom is 0.401 e. The van der Waals surface area contributed by atoms with Gasteiger partial charge in [-0.25, -0.2) is 0 Å². The van der Waals surface area contributed by atoms with Gasteiger partial charge in [-0.2, -0.15) is 13.2 Å². The first-order chi connectivity index (χ1) is 9.98. The zero-order chi connectivity index (χ0) is 15.3. The van der Waals surface area contributed by atoms with E-state index in [4.69, 9.17) is 4.74 Å². The second-order valence-corrected chi connectivity index (χ2v) is 5.21. The third-order valence-electron chi connectivity index (χ3n) is 3.53. The SMILES string of the molecule is CCOc1ccc(N2CCCC(NCC(F)(F)F)C2)cc1. The molecule has 0 aromatic heterocycles. The summed E-state index contributed by atoms with van der Waals surface area (Å²) in [6.07, 6.45) is -2.48. The van der Waals surface area contributed by atoms with Gasteiger partial charge in [0.05, 0.1) is 13.2 Å². The van der Waals surface area contributed by atoms with Gasteiger partial charge in [0.1, 0.15) is 5.75 Å². The molecule has 1 aliphatic heterocycles. The molecule has 1 atom stereocenters. The van der Waals surface area contributed by atoms with Gasteiger partial charge in [-0.15, -0.1) is 0 Å². The first-order valence-corrected chi connectivity index (χ1v) is 7.26. The lowest BCUT2D eigenvalue weighted by Gasteiger charge is -2.35. The van der Waals surface area contributed by atoms with Crippen molar-refractivity contribution in [3.05, 3.63) is 24.3 Å². The first-order valence-electron chi connectivity index (χ1n) is 7.26. The van der Waals surface area contributed by atoms with E-state index in [1.807, 2.05) is 31.2 Å². The summed E-state index contributed by atoms with van der Waals surface area (Å²) < 4.78 is 42.2. The van der Waals surface area contributed by atoms with Gasteiger partial charge in [0.25, 0.3) is 0 Å². The summed E-state index contributed by atoms with van der Waals surface area (Å²) in [6.45, 7) is 3.10. The Morgan fingerprint density at radius 2 is 2.00 bits per heavy atom. The summed E-state index contributed by atoms with van der Waals surface area (Å²) >= 11 is 0. The molecule has 0 aliphatic carbocycles.